The van der Waals surface area contributed by atoms with Crippen molar-refractivity contribution in [3.05, 3.63) is 71.3 Å². The molecule has 3 aromatic heterocycles. The largest absolute Gasteiger partial charge is 0.494 e. The Kier molecular flexibility index (Phi) is 5.14. The number of carbonyl (C=O) groups excluding carboxylic acids is 1. The number of fused-ring (bicyclic) bond motifs is 1. The van der Waals surface area contributed by atoms with E-state index < -0.39 is 0 Å². The van der Waals surface area contributed by atoms with Crippen molar-refractivity contribution in [2.24, 2.45) is 0 Å². The van der Waals surface area contributed by atoms with E-state index in [0.29, 0.717) is 17.9 Å². The molecular weight excluding hydrogens is 390 g/mol. The quantitative estimate of drug-likeness (QED) is 0.496. The number of halogens is 1. The summed E-state index contributed by atoms with van der Waals surface area (Å²) in [6.07, 6.45) is 1.55. The van der Waals surface area contributed by atoms with Gasteiger partial charge in [-0.1, -0.05) is 11.6 Å². The number of amides is 1. The van der Waals surface area contributed by atoms with E-state index in [4.69, 9.17) is 16.3 Å². The van der Waals surface area contributed by atoms with E-state index in [1.165, 1.54) is 0 Å². The van der Waals surface area contributed by atoms with Gasteiger partial charge >= 0.3 is 0 Å². The maximum absolute atomic E-state index is 12.6. The van der Waals surface area contributed by atoms with E-state index >= 15 is 0 Å². The Hall–Kier alpha value is -3.45. The fraction of sp³-hybridized carbons (Fsp3) is 0.143. The van der Waals surface area contributed by atoms with Crippen molar-refractivity contribution in [3.63, 3.8) is 0 Å². The molecule has 1 amide bonds. The lowest BCUT2D eigenvalue weighted by molar-refractivity contribution is 0.102. The summed E-state index contributed by atoms with van der Waals surface area (Å²) in [7, 11) is 0. The molecule has 0 aliphatic rings. The van der Waals surface area contributed by atoms with Crippen LogP contribution in [0.2, 0.25) is 5.15 Å². The Bertz CT molecular complexity index is 1190. The summed E-state index contributed by atoms with van der Waals surface area (Å²) >= 11 is 6.01. The van der Waals surface area contributed by atoms with Crippen LogP contribution in [0.4, 0.5) is 5.69 Å². The van der Waals surface area contributed by atoms with Gasteiger partial charge in [-0.2, -0.15) is 5.10 Å². The van der Waals surface area contributed by atoms with Crippen LogP contribution in [0.15, 0.2) is 54.7 Å². The van der Waals surface area contributed by atoms with Crippen molar-refractivity contribution in [1.29, 1.82) is 0 Å². The van der Waals surface area contributed by atoms with Crippen molar-refractivity contribution < 1.29 is 9.53 Å². The molecule has 7 nitrogen and oxygen atoms in total. The van der Waals surface area contributed by atoms with Gasteiger partial charge in [0.1, 0.15) is 5.75 Å². The SMILES string of the molecule is CCOc1ccc(-c2cc(C)n3nc(C(=O)Nc4cccnc4Cl)cc3n2)cc1. The molecule has 3 heterocycles. The molecule has 0 aliphatic carbocycles. The van der Waals surface area contributed by atoms with Gasteiger partial charge in [-0.15, -0.1) is 0 Å². The molecule has 0 saturated heterocycles. The molecule has 146 valence electrons. The third kappa shape index (κ3) is 3.90. The highest BCUT2D eigenvalue weighted by Gasteiger charge is 2.15. The summed E-state index contributed by atoms with van der Waals surface area (Å²) in [6, 6.07) is 14.7. The predicted octanol–water partition coefficient (Wildman–Crippen LogP) is 4.40. The van der Waals surface area contributed by atoms with Gasteiger partial charge in [0, 0.05) is 23.5 Å². The van der Waals surface area contributed by atoms with Gasteiger partial charge in [-0.05, 0) is 56.3 Å². The topological polar surface area (TPSA) is 81.4 Å². The maximum Gasteiger partial charge on any atom is 0.276 e. The fourth-order valence-electron chi connectivity index (χ4n) is 2.94. The predicted molar refractivity (Wildman–Crippen MR) is 112 cm³/mol. The normalized spacial score (nSPS) is 10.9. The summed E-state index contributed by atoms with van der Waals surface area (Å²) in [4.78, 5) is 21.2. The zero-order valence-corrected chi connectivity index (χ0v) is 16.6. The second-order valence-corrected chi connectivity index (χ2v) is 6.69. The number of pyridine rings is 1. The molecule has 0 bridgehead atoms. The number of rotatable bonds is 5. The van der Waals surface area contributed by atoms with E-state index in [2.05, 4.69) is 20.4 Å². The van der Waals surface area contributed by atoms with Crippen molar-refractivity contribution in [1.82, 2.24) is 19.6 Å². The molecule has 1 N–H and O–H groups in total. The van der Waals surface area contributed by atoms with Crippen LogP contribution in [0.3, 0.4) is 0 Å². The number of anilines is 1. The number of benzene rings is 1. The number of hydrogen-bond donors (Lipinski definition) is 1. The van der Waals surface area contributed by atoms with E-state index in [0.717, 1.165) is 22.7 Å². The van der Waals surface area contributed by atoms with Crippen LogP contribution in [-0.2, 0) is 0 Å². The maximum atomic E-state index is 12.6. The first-order valence-electron chi connectivity index (χ1n) is 9.07. The molecule has 0 aliphatic heterocycles. The Morgan fingerprint density at radius 3 is 2.72 bits per heavy atom. The first-order chi connectivity index (χ1) is 14.0. The summed E-state index contributed by atoms with van der Waals surface area (Å²) in [5.41, 5.74) is 3.85. The summed E-state index contributed by atoms with van der Waals surface area (Å²) in [6.45, 7) is 4.48. The molecule has 29 heavy (non-hydrogen) atoms. The van der Waals surface area contributed by atoms with Crippen LogP contribution < -0.4 is 10.1 Å². The van der Waals surface area contributed by atoms with Gasteiger partial charge in [-0.3, -0.25) is 4.79 Å². The highest BCUT2D eigenvalue weighted by molar-refractivity contribution is 6.32. The van der Waals surface area contributed by atoms with E-state index in [1.54, 1.807) is 28.9 Å². The first kappa shape index (κ1) is 18.9. The number of nitrogens with zero attached hydrogens (tertiary/aromatic N) is 4. The molecule has 0 unspecified atom stereocenters. The molecule has 1 aromatic carbocycles. The standard InChI is InChI=1S/C21H18ClN5O2/c1-3-29-15-8-6-14(7-9-15)17-11-13(2)27-19(24-17)12-18(26-27)21(28)25-16-5-4-10-23-20(16)22/h4-12H,3H2,1-2H3,(H,25,28). The molecule has 0 spiro atoms. The third-order valence-electron chi connectivity index (χ3n) is 4.31. The van der Waals surface area contributed by atoms with Crippen LogP contribution >= 0.6 is 11.6 Å². The summed E-state index contributed by atoms with van der Waals surface area (Å²) in [5.74, 6) is 0.429. The van der Waals surface area contributed by atoms with Gasteiger partial charge < -0.3 is 10.1 Å². The molecule has 0 radical (unpaired) electrons. The smallest absolute Gasteiger partial charge is 0.276 e. The average molecular weight is 408 g/mol. The minimum atomic E-state index is -0.382. The molecule has 4 rings (SSSR count). The molecule has 0 fully saturated rings. The minimum absolute atomic E-state index is 0.219. The number of hydrogen-bond acceptors (Lipinski definition) is 5. The Labute approximate surface area is 172 Å². The van der Waals surface area contributed by atoms with Gasteiger partial charge in [0.15, 0.2) is 16.5 Å². The van der Waals surface area contributed by atoms with Crippen LogP contribution in [0.1, 0.15) is 23.1 Å². The Balaban J connectivity index is 1.65. The summed E-state index contributed by atoms with van der Waals surface area (Å²) < 4.78 is 7.12. The molecule has 4 aromatic rings. The van der Waals surface area contributed by atoms with E-state index in [-0.39, 0.29) is 16.8 Å². The Morgan fingerprint density at radius 2 is 2.00 bits per heavy atom. The Morgan fingerprint density at radius 1 is 1.21 bits per heavy atom. The average Bonchev–Trinajstić information content (AvgIpc) is 3.16. The number of nitrogens with one attached hydrogen (secondary N) is 1. The number of aryl methyl sites for hydroxylation is 1. The minimum Gasteiger partial charge on any atom is -0.494 e. The highest BCUT2D eigenvalue weighted by Crippen LogP contribution is 2.23. The van der Waals surface area contributed by atoms with E-state index in [9.17, 15) is 4.79 Å². The van der Waals surface area contributed by atoms with Crippen LogP contribution in [0, 0.1) is 6.92 Å². The van der Waals surface area contributed by atoms with Crippen molar-refractivity contribution in [3.8, 4) is 17.0 Å². The van der Waals surface area contributed by atoms with Crippen molar-refractivity contribution in [2.45, 2.75) is 13.8 Å². The fourth-order valence-corrected chi connectivity index (χ4v) is 3.10. The van der Waals surface area contributed by atoms with Crippen molar-refractivity contribution in [2.75, 3.05) is 11.9 Å². The molecule has 0 saturated carbocycles. The van der Waals surface area contributed by atoms with Crippen molar-refractivity contribution >= 4 is 28.8 Å². The van der Waals surface area contributed by atoms with Crippen LogP contribution in [0.25, 0.3) is 16.9 Å². The lowest BCUT2D eigenvalue weighted by atomic mass is 10.1. The van der Waals surface area contributed by atoms with Crippen LogP contribution in [-0.4, -0.2) is 32.1 Å². The zero-order chi connectivity index (χ0) is 20.4. The van der Waals surface area contributed by atoms with Gasteiger partial charge in [0.25, 0.3) is 5.91 Å². The third-order valence-corrected chi connectivity index (χ3v) is 4.61. The summed E-state index contributed by atoms with van der Waals surface area (Å²) in [5, 5.41) is 7.31. The van der Waals surface area contributed by atoms with E-state index in [1.807, 2.05) is 44.2 Å². The molecular formula is C21H18ClN5O2. The molecule has 8 heteroatoms. The first-order valence-corrected chi connectivity index (χ1v) is 9.45. The number of ether oxygens (including phenoxy) is 1. The number of carbonyl (C=O) groups is 1. The second kappa shape index (κ2) is 7.89. The highest BCUT2D eigenvalue weighted by atomic mass is 35.5. The second-order valence-electron chi connectivity index (χ2n) is 6.34. The van der Waals surface area contributed by atoms with Gasteiger partial charge in [0.2, 0.25) is 0 Å². The van der Waals surface area contributed by atoms with Crippen LogP contribution in [0.5, 0.6) is 5.75 Å². The lowest BCUT2D eigenvalue weighted by Gasteiger charge is -2.06. The monoisotopic (exact) mass is 407 g/mol. The van der Waals surface area contributed by atoms with Gasteiger partial charge in [0.05, 0.1) is 18.0 Å². The van der Waals surface area contributed by atoms with Gasteiger partial charge in [-0.25, -0.2) is 14.5 Å². The zero-order valence-electron chi connectivity index (χ0n) is 15.9. The lowest BCUT2D eigenvalue weighted by Crippen LogP contribution is -2.13. The number of aromatic nitrogens is 4. The molecule has 0 atom stereocenters.